The van der Waals surface area contributed by atoms with E-state index in [9.17, 15) is 8.42 Å². The Morgan fingerprint density at radius 2 is 1.80 bits per heavy atom. The molecule has 2 atom stereocenters. The highest BCUT2D eigenvalue weighted by Gasteiger charge is 2.21. The van der Waals surface area contributed by atoms with Gasteiger partial charge in [0, 0.05) is 25.5 Å². The van der Waals surface area contributed by atoms with Gasteiger partial charge < -0.3 is 4.74 Å². The summed E-state index contributed by atoms with van der Waals surface area (Å²) in [4.78, 5) is 2.65. The minimum Gasteiger partial charge on any atom is -0.373 e. The molecule has 1 aromatic carbocycles. The summed E-state index contributed by atoms with van der Waals surface area (Å²) >= 11 is 5.68. The summed E-state index contributed by atoms with van der Waals surface area (Å²) in [5.74, 6) is 0.613. The molecule has 1 N–H and O–H groups in total. The summed E-state index contributed by atoms with van der Waals surface area (Å²) in [5, 5.41) is 0. The molecular weight excluding hydrogens is 360 g/mol. The smallest absolute Gasteiger partial charge is 0.240 e. The van der Waals surface area contributed by atoms with Crippen LogP contribution in [0, 0.1) is 0 Å². The van der Waals surface area contributed by atoms with Gasteiger partial charge in [0.1, 0.15) is 0 Å². The van der Waals surface area contributed by atoms with Crippen LogP contribution in [0.2, 0.25) is 0 Å². The van der Waals surface area contributed by atoms with Gasteiger partial charge in [0.15, 0.2) is 0 Å². The summed E-state index contributed by atoms with van der Waals surface area (Å²) in [6, 6.07) is 7.05. The van der Waals surface area contributed by atoms with Gasteiger partial charge in [-0.1, -0.05) is 12.1 Å². The zero-order valence-electron chi connectivity index (χ0n) is 15.1. The maximum Gasteiger partial charge on any atom is 0.240 e. The van der Waals surface area contributed by atoms with Crippen molar-refractivity contribution >= 4 is 21.6 Å². The lowest BCUT2D eigenvalue weighted by Crippen LogP contribution is -2.46. The van der Waals surface area contributed by atoms with Gasteiger partial charge in [-0.05, 0) is 57.4 Å². The molecule has 1 saturated heterocycles. The third kappa shape index (κ3) is 6.87. The van der Waals surface area contributed by atoms with Gasteiger partial charge in [-0.25, -0.2) is 13.1 Å². The molecule has 0 aromatic heterocycles. The van der Waals surface area contributed by atoms with Gasteiger partial charge in [-0.2, -0.15) is 0 Å². The molecule has 0 saturated carbocycles. The molecule has 25 heavy (non-hydrogen) atoms. The molecule has 0 aliphatic carbocycles. The van der Waals surface area contributed by atoms with Crippen LogP contribution in [0.3, 0.4) is 0 Å². The second-order valence-corrected chi connectivity index (χ2v) is 8.85. The van der Waals surface area contributed by atoms with Crippen LogP contribution < -0.4 is 4.72 Å². The molecule has 142 valence electrons. The Balaban J connectivity index is 1.77. The quantitative estimate of drug-likeness (QED) is 0.522. The van der Waals surface area contributed by atoms with E-state index >= 15 is 0 Å². The molecule has 2 rings (SSSR count). The summed E-state index contributed by atoms with van der Waals surface area (Å²) in [5.41, 5.74) is 1.11. The average Bonchev–Trinajstić information content (AvgIpc) is 2.56. The number of alkyl halides is 1. The van der Waals surface area contributed by atoms with Crippen LogP contribution in [-0.2, 0) is 21.2 Å². The number of sulfonamides is 1. The molecule has 7 heteroatoms. The Morgan fingerprint density at radius 3 is 2.40 bits per heavy atom. The Hall–Kier alpha value is -0.660. The number of hydrogen-bond acceptors (Lipinski definition) is 4. The number of nitrogens with one attached hydrogen (secondary N) is 1. The summed E-state index contributed by atoms with van der Waals surface area (Å²) in [6.45, 7) is 7.26. The van der Waals surface area contributed by atoms with E-state index in [1.54, 1.807) is 12.1 Å². The van der Waals surface area contributed by atoms with E-state index in [1.165, 1.54) is 0 Å². The fourth-order valence-electron chi connectivity index (χ4n) is 3.17. The highest BCUT2D eigenvalue weighted by molar-refractivity contribution is 7.89. The van der Waals surface area contributed by atoms with E-state index < -0.39 is 10.0 Å². The Bertz CT molecular complexity index is 612. The Kier molecular flexibility index (Phi) is 8.16. The topological polar surface area (TPSA) is 58.6 Å². The van der Waals surface area contributed by atoms with Gasteiger partial charge in [0.2, 0.25) is 10.0 Å². The number of benzene rings is 1. The molecule has 0 spiro atoms. The SMILES string of the molecule is CC1CN(CCCNS(=O)(=O)c2ccc(CCCCl)cc2)CC(C)O1. The molecule has 0 amide bonds. The number of rotatable bonds is 9. The minimum atomic E-state index is -3.44. The van der Waals surface area contributed by atoms with Crippen LogP contribution >= 0.6 is 11.6 Å². The van der Waals surface area contributed by atoms with Crippen molar-refractivity contribution < 1.29 is 13.2 Å². The van der Waals surface area contributed by atoms with Crippen LogP contribution in [0.5, 0.6) is 0 Å². The number of aryl methyl sites for hydroxylation is 1. The number of nitrogens with zero attached hydrogens (tertiary/aromatic N) is 1. The Labute approximate surface area is 156 Å². The standard InChI is InChI=1S/C18H29ClN2O3S/c1-15-13-21(14-16(2)24-15)12-4-11-20-25(22,23)18-8-6-17(7-9-18)5-3-10-19/h6-9,15-16,20H,3-5,10-14H2,1-2H3. The molecule has 0 radical (unpaired) electrons. The van der Waals surface area contributed by atoms with E-state index in [0.717, 1.165) is 44.5 Å². The lowest BCUT2D eigenvalue weighted by molar-refractivity contribution is -0.0679. The second-order valence-electron chi connectivity index (χ2n) is 6.70. The van der Waals surface area contributed by atoms with Gasteiger partial charge in [-0.3, -0.25) is 4.90 Å². The average molecular weight is 389 g/mol. The normalized spacial score (nSPS) is 22.2. The van der Waals surface area contributed by atoms with Gasteiger partial charge in [0.25, 0.3) is 0 Å². The number of halogens is 1. The zero-order valence-corrected chi connectivity index (χ0v) is 16.7. The lowest BCUT2D eigenvalue weighted by Gasteiger charge is -2.35. The van der Waals surface area contributed by atoms with Gasteiger partial charge >= 0.3 is 0 Å². The predicted octanol–water partition coefficient (Wildman–Crippen LogP) is 2.64. The molecule has 1 aliphatic rings. The van der Waals surface area contributed by atoms with Crippen LogP contribution in [0.1, 0.15) is 32.3 Å². The Morgan fingerprint density at radius 1 is 1.16 bits per heavy atom. The number of hydrogen-bond donors (Lipinski definition) is 1. The fraction of sp³-hybridized carbons (Fsp3) is 0.667. The van der Waals surface area contributed by atoms with E-state index in [0.29, 0.717) is 17.3 Å². The van der Waals surface area contributed by atoms with Crippen molar-refractivity contribution in [3.05, 3.63) is 29.8 Å². The van der Waals surface area contributed by atoms with Crippen LogP contribution in [0.15, 0.2) is 29.2 Å². The fourth-order valence-corrected chi connectivity index (χ4v) is 4.37. The van der Waals surface area contributed by atoms with Gasteiger partial charge in [0.05, 0.1) is 17.1 Å². The monoisotopic (exact) mass is 388 g/mol. The molecule has 1 fully saturated rings. The van der Waals surface area contributed by atoms with E-state index in [2.05, 4.69) is 23.5 Å². The largest absolute Gasteiger partial charge is 0.373 e. The highest BCUT2D eigenvalue weighted by atomic mass is 35.5. The van der Waals surface area contributed by atoms with E-state index in [4.69, 9.17) is 16.3 Å². The molecule has 1 aromatic rings. The van der Waals surface area contributed by atoms with Gasteiger partial charge in [-0.15, -0.1) is 11.6 Å². The van der Waals surface area contributed by atoms with E-state index in [-0.39, 0.29) is 12.2 Å². The summed E-state index contributed by atoms with van der Waals surface area (Å²) in [7, 11) is -3.44. The van der Waals surface area contributed by atoms with Crippen molar-refractivity contribution in [2.75, 3.05) is 32.1 Å². The molecule has 1 aliphatic heterocycles. The predicted molar refractivity (Wildman–Crippen MR) is 102 cm³/mol. The van der Waals surface area contributed by atoms with Crippen molar-refractivity contribution in [2.45, 2.75) is 50.2 Å². The van der Waals surface area contributed by atoms with Crippen LogP contribution in [0.25, 0.3) is 0 Å². The van der Waals surface area contributed by atoms with Crippen molar-refractivity contribution in [1.29, 1.82) is 0 Å². The minimum absolute atomic E-state index is 0.234. The first kappa shape index (κ1) is 20.6. The molecular formula is C18H29ClN2O3S. The van der Waals surface area contributed by atoms with Crippen LogP contribution in [-0.4, -0.2) is 57.6 Å². The lowest BCUT2D eigenvalue weighted by atomic mass is 10.1. The third-order valence-corrected chi connectivity index (χ3v) is 6.02. The van der Waals surface area contributed by atoms with Crippen molar-refractivity contribution in [3.63, 3.8) is 0 Å². The third-order valence-electron chi connectivity index (χ3n) is 4.27. The maximum absolute atomic E-state index is 12.3. The molecule has 0 bridgehead atoms. The summed E-state index contributed by atoms with van der Waals surface area (Å²) < 4.78 is 33.1. The van der Waals surface area contributed by atoms with E-state index in [1.807, 2.05) is 12.1 Å². The van der Waals surface area contributed by atoms with Crippen molar-refractivity contribution in [1.82, 2.24) is 9.62 Å². The first-order valence-electron chi connectivity index (χ1n) is 8.93. The molecule has 2 unspecified atom stereocenters. The summed E-state index contributed by atoms with van der Waals surface area (Å²) in [6.07, 6.45) is 3.01. The second kappa shape index (κ2) is 9.88. The zero-order chi connectivity index (χ0) is 18.3. The van der Waals surface area contributed by atoms with Crippen LogP contribution in [0.4, 0.5) is 0 Å². The number of morpholine rings is 1. The van der Waals surface area contributed by atoms with Crippen molar-refractivity contribution in [2.24, 2.45) is 0 Å². The molecule has 5 nitrogen and oxygen atoms in total. The maximum atomic E-state index is 12.3. The first-order chi connectivity index (χ1) is 11.9. The number of ether oxygens (including phenoxy) is 1. The molecule has 1 heterocycles. The first-order valence-corrected chi connectivity index (χ1v) is 10.9. The van der Waals surface area contributed by atoms with Crippen molar-refractivity contribution in [3.8, 4) is 0 Å². The highest BCUT2D eigenvalue weighted by Crippen LogP contribution is 2.13.